The lowest BCUT2D eigenvalue weighted by molar-refractivity contribution is -0.143. The molecule has 5 N–H and O–H groups in total. The Morgan fingerprint density at radius 3 is 2.23 bits per heavy atom. The van der Waals surface area contributed by atoms with Crippen LogP contribution < -0.4 is 16.4 Å². The standard InChI is InChI=1S/C13H23N3O6/c1-7(12(20)15-6-22-5-11(18)19)4-10(17)9(3)16-13(21)8(2)14/h7-9H,4-6,14H2,1-3H3,(H,15,20)(H,16,21)(H,18,19)/t7-,8+,9+/m1/s1. The van der Waals surface area contributed by atoms with Gasteiger partial charge in [0.1, 0.15) is 13.3 Å². The highest BCUT2D eigenvalue weighted by molar-refractivity contribution is 5.92. The van der Waals surface area contributed by atoms with Gasteiger partial charge in [-0.25, -0.2) is 4.79 Å². The van der Waals surface area contributed by atoms with Crippen molar-refractivity contribution in [3.05, 3.63) is 0 Å². The van der Waals surface area contributed by atoms with Crippen molar-refractivity contribution in [1.29, 1.82) is 0 Å². The summed E-state index contributed by atoms with van der Waals surface area (Å²) in [4.78, 5) is 45.2. The van der Waals surface area contributed by atoms with Gasteiger partial charge in [0.25, 0.3) is 0 Å². The van der Waals surface area contributed by atoms with Gasteiger partial charge in [-0.1, -0.05) is 6.92 Å². The van der Waals surface area contributed by atoms with Crippen LogP contribution in [-0.2, 0) is 23.9 Å². The zero-order chi connectivity index (χ0) is 17.3. The number of aliphatic carboxylic acids is 1. The Labute approximate surface area is 128 Å². The van der Waals surface area contributed by atoms with Gasteiger partial charge in [0.2, 0.25) is 11.8 Å². The van der Waals surface area contributed by atoms with Crippen LogP contribution in [0.4, 0.5) is 0 Å². The maximum atomic E-state index is 11.9. The summed E-state index contributed by atoms with van der Waals surface area (Å²) in [7, 11) is 0. The number of rotatable bonds is 10. The molecule has 0 unspecified atom stereocenters. The zero-order valence-corrected chi connectivity index (χ0v) is 12.9. The summed E-state index contributed by atoms with van der Waals surface area (Å²) in [6, 6.07) is -1.46. The molecule has 2 amide bonds. The van der Waals surface area contributed by atoms with E-state index in [0.29, 0.717) is 0 Å². The normalized spacial score (nSPS) is 14.5. The van der Waals surface area contributed by atoms with Gasteiger partial charge < -0.3 is 26.2 Å². The van der Waals surface area contributed by atoms with Crippen molar-refractivity contribution in [2.24, 2.45) is 11.7 Å². The lowest BCUT2D eigenvalue weighted by Gasteiger charge is -2.17. The topological polar surface area (TPSA) is 148 Å². The summed E-state index contributed by atoms with van der Waals surface area (Å²) in [5.74, 6) is -2.96. The van der Waals surface area contributed by atoms with E-state index >= 15 is 0 Å². The van der Waals surface area contributed by atoms with Crippen LogP contribution in [0.5, 0.6) is 0 Å². The summed E-state index contributed by atoms with van der Waals surface area (Å²) in [6.07, 6.45) is -0.0643. The van der Waals surface area contributed by atoms with E-state index in [0.717, 1.165) is 0 Å². The fourth-order valence-electron chi connectivity index (χ4n) is 1.43. The number of hydrogen-bond acceptors (Lipinski definition) is 6. The van der Waals surface area contributed by atoms with Gasteiger partial charge in [0, 0.05) is 12.3 Å². The molecule has 0 aliphatic heterocycles. The molecule has 0 bridgehead atoms. The first kappa shape index (κ1) is 20.0. The third-order valence-electron chi connectivity index (χ3n) is 2.78. The molecule has 3 atom stereocenters. The molecule has 0 aliphatic rings. The van der Waals surface area contributed by atoms with Crippen molar-refractivity contribution in [2.45, 2.75) is 39.3 Å². The number of ketones is 1. The molecule has 0 heterocycles. The van der Waals surface area contributed by atoms with Crippen molar-refractivity contribution in [3.8, 4) is 0 Å². The smallest absolute Gasteiger partial charge is 0.329 e. The number of Topliss-reactive ketones (excluding diaryl/α,β-unsaturated/α-hetero) is 1. The summed E-state index contributed by atoms with van der Waals surface area (Å²) < 4.78 is 4.66. The molecule has 9 nitrogen and oxygen atoms in total. The van der Waals surface area contributed by atoms with Crippen LogP contribution in [0.3, 0.4) is 0 Å². The minimum atomic E-state index is -1.14. The first-order chi connectivity index (χ1) is 10.1. The molecule has 9 heteroatoms. The number of amides is 2. The molecular formula is C13H23N3O6. The van der Waals surface area contributed by atoms with Crippen LogP contribution in [-0.4, -0.2) is 54.1 Å². The third-order valence-corrected chi connectivity index (χ3v) is 2.78. The lowest BCUT2D eigenvalue weighted by atomic mass is 10.00. The third kappa shape index (κ3) is 8.32. The highest BCUT2D eigenvalue weighted by Gasteiger charge is 2.22. The quantitative estimate of drug-likeness (QED) is 0.286. The molecule has 0 aromatic carbocycles. The van der Waals surface area contributed by atoms with Crippen LogP contribution in [0.15, 0.2) is 0 Å². The summed E-state index contributed by atoms with van der Waals surface area (Å²) in [5.41, 5.74) is 5.38. The molecule has 126 valence electrons. The van der Waals surface area contributed by atoms with Crippen LogP contribution >= 0.6 is 0 Å². The van der Waals surface area contributed by atoms with E-state index in [4.69, 9.17) is 10.8 Å². The molecule has 0 aromatic rings. The average Bonchev–Trinajstić information content (AvgIpc) is 2.42. The van der Waals surface area contributed by atoms with Crippen molar-refractivity contribution in [2.75, 3.05) is 13.3 Å². The van der Waals surface area contributed by atoms with Gasteiger partial charge in [0.05, 0.1) is 12.1 Å². The Hall–Kier alpha value is -2.00. The van der Waals surface area contributed by atoms with E-state index < -0.39 is 42.4 Å². The van der Waals surface area contributed by atoms with E-state index in [9.17, 15) is 19.2 Å². The molecule has 0 rings (SSSR count). The minimum absolute atomic E-state index is 0.0643. The predicted octanol–water partition coefficient (Wildman–Crippen LogP) is -1.39. The van der Waals surface area contributed by atoms with E-state index in [1.54, 1.807) is 6.92 Å². The Balaban J connectivity index is 4.14. The number of ether oxygens (including phenoxy) is 1. The van der Waals surface area contributed by atoms with Crippen LogP contribution in [0.1, 0.15) is 27.2 Å². The second-order valence-electron chi connectivity index (χ2n) is 5.02. The van der Waals surface area contributed by atoms with Crippen LogP contribution in [0, 0.1) is 5.92 Å². The van der Waals surface area contributed by atoms with Crippen molar-refractivity contribution in [3.63, 3.8) is 0 Å². The van der Waals surface area contributed by atoms with Gasteiger partial charge in [-0.2, -0.15) is 0 Å². The molecule has 0 spiro atoms. The zero-order valence-electron chi connectivity index (χ0n) is 12.9. The van der Waals surface area contributed by atoms with Gasteiger partial charge in [-0.3, -0.25) is 14.4 Å². The van der Waals surface area contributed by atoms with Crippen LogP contribution in [0.25, 0.3) is 0 Å². The Kier molecular flexibility index (Phi) is 8.95. The lowest BCUT2D eigenvalue weighted by Crippen LogP contribution is -2.46. The number of carboxylic acid groups (broad SMARTS) is 1. The minimum Gasteiger partial charge on any atom is -0.480 e. The van der Waals surface area contributed by atoms with Gasteiger partial charge in [-0.05, 0) is 13.8 Å². The maximum Gasteiger partial charge on any atom is 0.329 e. The Bertz CT molecular complexity index is 424. The second-order valence-corrected chi connectivity index (χ2v) is 5.02. The molecule has 0 saturated carbocycles. The molecule has 0 radical (unpaired) electrons. The van der Waals surface area contributed by atoms with Gasteiger partial charge >= 0.3 is 5.97 Å². The molecule has 0 fully saturated rings. The fourth-order valence-corrected chi connectivity index (χ4v) is 1.43. The van der Waals surface area contributed by atoms with Crippen molar-refractivity contribution >= 4 is 23.6 Å². The largest absolute Gasteiger partial charge is 0.480 e. The monoisotopic (exact) mass is 317 g/mol. The first-order valence-corrected chi connectivity index (χ1v) is 6.81. The van der Waals surface area contributed by atoms with Gasteiger partial charge in [-0.15, -0.1) is 0 Å². The number of hydrogen-bond donors (Lipinski definition) is 4. The fraction of sp³-hybridized carbons (Fsp3) is 0.692. The van der Waals surface area contributed by atoms with Crippen LogP contribution in [0.2, 0.25) is 0 Å². The SMILES string of the molecule is C[C@H](N)C(=O)N[C@@H](C)C(=O)C[C@@H](C)C(=O)NCOCC(=O)O. The number of carboxylic acids is 1. The van der Waals surface area contributed by atoms with E-state index in [1.165, 1.54) is 13.8 Å². The van der Waals surface area contributed by atoms with E-state index in [2.05, 4.69) is 15.4 Å². The van der Waals surface area contributed by atoms with E-state index in [-0.39, 0.29) is 18.9 Å². The molecule has 0 saturated heterocycles. The van der Waals surface area contributed by atoms with Crippen molar-refractivity contribution in [1.82, 2.24) is 10.6 Å². The maximum absolute atomic E-state index is 11.9. The van der Waals surface area contributed by atoms with E-state index in [1.807, 2.05) is 0 Å². The highest BCUT2D eigenvalue weighted by Crippen LogP contribution is 2.05. The number of nitrogens with two attached hydrogens (primary N) is 1. The predicted molar refractivity (Wildman–Crippen MR) is 76.6 cm³/mol. The molecular weight excluding hydrogens is 294 g/mol. The van der Waals surface area contributed by atoms with Gasteiger partial charge in [0.15, 0.2) is 5.78 Å². The Morgan fingerprint density at radius 1 is 1.14 bits per heavy atom. The first-order valence-electron chi connectivity index (χ1n) is 6.81. The second kappa shape index (κ2) is 9.85. The summed E-state index contributed by atoms with van der Waals surface area (Å²) in [5, 5.41) is 13.2. The van der Waals surface area contributed by atoms with Crippen molar-refractivity contribution < 1.29 is 29.0 Å². The molecule has 0 aromatic heterocycles. The number of carbonyl (C=O) groups excluding carboxylic acids is 3. The number of nitrogens with one attached hydrogen (secondary N) is 2. The molecule has 0 aliphatic carbocycles. The summed E-state index contributed by atoms with van der Waals surface area (Å²) in [6.45, 7) is 3.79. The Morgan fingerprint density at radius 2 is 1.73 bits per heavy atom. The highest BCUT2D eigenvalue weighted by atomic mass is 16.5. The average molecular weight is 317 g/mol. The molecule has 22 heavy (non-hydrogen) atoms. The summed E-state index contributed by atoms with van der Waals surface area (Å²) >= 11 is 0. The number of carbonyl (C=O) groups is 4.